The lowest BCUT2D eigenvalue weighted by Gasteiger charge is -2.37. The highest BCUT2D eigenvalue weighted by Gasteiger charge is 2.34. The molecule has 5 rings (SSSR count). The van der Waals surface area contributed by atoms with Crippen LogP contribution in [-0.4, -0.2) is 26.7 Å². The second-order valence-corrected chi connectivity index (χ2v) is 9.62. The minimum Gasteiger partial charge on any atom is -0.351 e. The number of hydrogen-bond donors (Lipinski definition) is 1. The molecule has 2 aromatic carbocycles. The van der Waals surface area contributed by atoms with E-state index in [-0.39, 0.29) is 11.9 Å². The zero-order valence-electron chi connectivity index (χ0n) is 18.8. The number of benzene rings is 2. The summed E-state index contributed by atoms with van der Waals surface area (Å²) < 4.78 is 19.1. The summed E-state index contributed by atoms with van der Waals surface area (Å²) in [6.45, 7) is 4.84. The Morgan fingerprint density at radius 3 is 2.56 bits per heavy atom. The van der Waals surface area contributed by atoms with Gasteiger partial charge in [-0.05, 0) is 73.8 Å². The Labute approximate surface area is 206 Å². The molecule has 3 heterocycles. The van der Waals surface area contributed by atoms with Crippen LogP contribution in [0.3, 0.4) is 0 Å². The second-order valence-electron chi connectivity index (χ2n) is 8.20. The minimum absolute atomic E-state index is 0.229. The lowest BCUT2D eigenvalue weighted by molar-refractivity contribution is 0.397. The first-order chi connectivity index (χ1) is 16.5. The van der Waals surface area contributed by atoms with E-state index in [2.05, 4.69) is 69.1 Å². The van der Waals surface area contributed by atoms with Crippen molar-refractivity contribution in [1.29, 1.82) is 0 Å². The van der Waals surface area contributed by atoms with Crippen molar-refractivity contribution in [3.8, 4) is 11.4 Å². The molecule has 0 bridgehead atoms. The molecule has 0 fully saturated rings. The number of rotatable bonds is 6. The Bertz CT molecular complexity index is 1330. The summed E-state index contributed by atoms with van der Waals surface area (Å²) in [6.07, 6.45) is 0.879. The highest BCUT2D eigenvalue weighted by atomic mass is 32.1. The summed E-state index contributed by atoms with van der Waals surface area (Å²) in [5, 5.41) is 10.4. The van der Waals surface area contributed by atoms with Crippen molar-refractivity contribution in [2.75, 3.05) is 6.54 Å². The molecule has 1 unspecified atom stereocenters. The van der Waals surface area contributed by atoms with Gasteiger partial charge in [0.15, 0.2) is 5.11 Å². The van der Waals surface area contributed by atoms with Crippen LogP contribution < -0.4 is 5.32 Å². The van der Waals surface area contributed by atoms with Crippen molar-refractivity contribution >= 4 is 34.2 Å². The van der Waals surface area contributed by atoms with Gasteiger partial charge in [-0.25, -0.2) is 4.39 Å². The van der Waals surface area contributed by atoms with Gasteiger partial charge in [0.25, 0.3) is 5.89 Å². The smallest absolute Gasteiger partial charge is 0.258 e. The van der Waals surface area contributed by atoms with Gasteiger partial charge in [-0.15, -0.1) is 11.3 Å². The van der Waals surface area contributed by atoms with Gasteiger partial charge in [-0.1, -0.05) is 41.1 Å². The fraction of sp³-hybridized carbons (Fsp3) is 0.192. The maximum absolute atomic E-state index is 13.4. The zero-order valence-corrected chi connectivity index (χ0v) is 20.4. The van der Waals surface area contributed by atoms with Crippen molar-refractivity contribution < 1.29 is 8.91 Å². The normalized spacial score (nSPS) is 16.1. The van der Waals surface area contributed by atoms with E-state index in [0.717, 1.165) is 29.8 Å². The third-order valence-electron chi connectivity index (χ3n) is 5.93. The molecule has 0 radical (unpaired) electrons. The van der Waals surface area contributed by atoms with Crippen LogP contribution in [0.15, 0.2) is 76.3 Å². The molecule has 0 aliphatic carbocycles. The van der Waals surface area contributed by atoms with Crippen LogP contribution in [0.25, 0.3) is 17.0 Å². The number of nitrogens with zero attached hydrogens (tertiary/aromatic N) is 3. The molecule has 172 valence electrons. The number of nitrogens with one attached hydrogen (secondary N) is 1. The van der Waals surface area contributed by atoms with E-state index in [9.17, 15) is 4.39 Å². The molecule has 0 saturated heterocycles. The van der Waals surface area contributed by atoms with Crippen LogP contribution in [0.2, 0.25) is 0 Å². The summed E-state index contributed by atoms with van der Waals surface area (Å²) in [6, 6.07) is 18.3. The molecule has 1 N–H and O–H groups in total. The predicted octanol–water partition coefficient (Wildman–Crippen LogP) is 6.15. The van der Waals surface area contributed by atoms with Gasteiger partial charge in [0.05, 0.1) is 11.6 Å². The quantitative estimate of drug-likeness (QED) is 0.327. The minimum atomic E-state index is -0.308. The van der Waals surface area contributed by atoms with Crippen LogP contribution >= 0.6 is 23.6 Å². The SMILES string of the molecule is CC1=C(c2nc(-c3ccc(F)cc3)no2)C(c2ccc(C)cc2)NC(=S)N1CCc1cccs1. The molecular weight excluding hydrogens is 467 g/mol. The van der Waals surface area contributed by atoms with E-state index in [1.165, 1.54) is 22.6 Å². The molecule has 2 aromatic heterocycles. The third kappa shape index (κ3) is 4.51. The highest BCUT2D eigenvalue weighted by molar-refractivity contribution is 7.80. The molecule has 5 nitrogen and oxygen atoms in total. The summed E-state index contributed by atoms with van der Waals surface area (Å²) in [7, 11) is 0. The number of halogens is 1. The van der Waals surface area contributed by atoms with Gasteiger partial charge in [0.2, 0.25) is 5.82 Å². The van der Waals surface area contributed by atoms with Crippen LogP contribution in [0, 0.1) is 12.7 Å². The number of thiocarbonyl (C=S) groups is 1. The molecule has 0 saturated carbocycles. The molecule has 1 aliphatic rings. The van der Waals surface area contributed by atoms with E-state index in [0.29, 0.717) is 22.4 Å². The number of thiophene rings is 1. The maximum atomic E-state index is 13.4. The van der Waals surface area contributed by atoms with Crippen LogP contribution in [0.1, 0.15) is 34.9 Å². The number of hydrogen-bond acceptors (Lipinski definition) is 5. The molecule has 34 heavy (non-hydrogen) atoms. The van der Waals surface area contributed by atoms with E-state index >= 15 is 0 Å². The van der Waals surface area contributed by atoms with E-state index in [4.69, 9.17) is 16.7 Å². The molecule has 0 amide bonds. The fourth-order valence-electron chi connectivity index (χ4n) is 4.06. The van der Waals surface area contributed by atoms with Gasteiger partial charge >= 0.3 is 0 Å². The summed E-state index contributed by atoms with van der Waals surface area (Å²) in [5.41, 5.74) is 4.78. The standard InChI is InChI=1S/C26H23FN4OS2/c1-16-5-7-18(8-6-16)23-22(25-29-24(30-32-25)19-9-11-20(27)12-10-19)17(2)31(26(33)28-23)14-13-21-4-3-15-34-21/h3-12,15,23H,13-14H2,1-2H3,(H,28,33). The zero-order chi connectivity index (χ0) is 23.7. The highest BCUT2D eigenvalue weighted by Crippen LogP contribution is 2.37. The number of aromatic nitrogens is 2. The van der Waals surface area contributed by atoms with E-state index < -0.39 is 0 Å². The summed E-state index contributed by atoms with van der Waals surface area (Å²) in [5.74, 6) is 0.520. The largest absolute Gasteiger partial charge is 0.351 e. The van der Waals surface area contributed by atoms with Crippen LogP contribution in [-0.2, 0) is 6.42 Å². The Hall–Kier alpha value is -3.36. The van der Waals surface area contributed by atoms with Crippen molar-refractivity contribution in [2.24, 2.45) is 0 Å². The molecular formula is C26H23FN4OS2. The molecule has 1 atom stereocenters. The first-order valence-electron chi connectivity index (χ1n) is 11.0. The first kappa shape index (κ1) is 22.4. The van der Waals surface area contributed by atoms with E-state index in [1.54, 1.807) is 23.5 Å². The lowest BCUT2D eigenvalue weighted by atomic mass is 9.94. The number of aryl methyl sites for hydroxylation is 1. The average Bonchev–Trinajstić information content (AvgIpc) is 3.52. The molecule has 4 aromatic rings. The van der Waals surface area contributed by atoms with Crippen LogP contribution in [0.4, 0.5) is 4.39 Å². The Kier molecular flexibility index (Phi) is 6.26. The monoisotopic (exact) mass is 490 g/mol. The summed E-state index contributed by atoms with van der Waals surface area (Å²) >= 11 is 7.52. The van der Waals surface area contributed by atoms with Gasteiger partial charge < -0.3 is 14.7 Å². The third-order valence-corrected chi connectivity index (χ3v) is 7.20. The van der Waals surface area contributed by atoms with E-state index in [1.807, 2.05) is 6.92 Å². The van der Waals surface area contributed by atoms with Gasteiger partial charge in [-0.3, -0.25) is 0 Å². The Morgan fingerprint density at radius 1 is 1.09 bits per heavy atom. The Morgan fingerprint density at radius 2 is 1.85 bits per heavy atom. The Balaban J connectivity index is 1.55. The van der Waals surface area contributed by atoms with Gasteiger partial charge in [-0.2, -0.15) is 4.98 Å². The predicted molar refractivity (Wildman–Crippen MR) is 137 cm³/mol. The molecule has 1 aliphatic heterocycles. The summed E-state index contributed by atoms with van der Waals surface area (Å²) in [4.78, 5) is 8.08. The maximum Gasteiger partial charge on any atom is 0.258 e. The van der Waals surface area contributed by atoms with Gasteiger partial charge in [0.1, 0.15) is 5.82 Å². The molecule has 0 spiro atoms. The average molecular weight is 491 g/mol. The topological polar surface area (TPSA) is 54.2 Å². The first-order valence-corrected chi connectivity index (χ1v) is 12.3. The van der Waals surface area contributed by atoms with Crippen molar-refractivity contribution in [3.63, 3.8) is 0 Å². The van der Waals surface area contributed by atoms with Gasteiger partial charge in [0, 0.05) is 22.7 Å². The number of allylic oxidation sites excluding steroid dienone is 1. The fourth-order valence-corrected chi connectivity index (χ4v) is 5.11. The second kappa shape index (κ2) is 9.48. The van der Waals surface area contributed by atoms with Crippen LogP contribution in [0.5, 0.6) is 0 Å². The van der Waals surface area contributed by atoms with Crippen molar-refractivity contribution in [2.45, 2.75) is 26.3 Å². The van der Waals surface area contributed by atoms with Crippen molar-refractivity contribution in [3.05, 3.63) is 99.5 Å². The lowest BCUT2D eigenvalue weighted by Crippen LogP contribution is -2.46. The molecule has 8 heteroatoms. The van der Waals surface area contributed by atoms with Crippen molar-refractivity contribution in [1.82, 2.24) is 20.4 Å².